The maximum atomic E-state index is 5.55. The highest BCUT2D eigenvalue weighted by Gasteiger charge is 2.21. The van der Waals surface area contributed by atoms with Gasteiger partial charge in [-0.3, -0.25) is 4.90 Å². The fourth-order valence-corrected chi connectivity index (χ4v) is 2.43. The molecule has 1 fully saturated rings. The maximum absolute atomic E-state index is 5.55. The van der Waals surface area contributed by atoms with E-state index in [1.54, 1.807) is 0 Å². The van der Waals surface area contributed by atoms with E-state index in [1.165, 1.54) is 5.56 Å². The Kier molecular flexibility index (Phi) is 5.61. The molecule has 1 aliphatic heterocycles. The SMILES string of the molecule is CCCNc1cc(CN2CCOCC2CC)ccn1. The highest BCUT2D eigenvalue weighted by molar-refractivity contribution is 5.37. The molecule has 1 unspecified atom stereocenters. The third kappa shape index (κ3) is 4.18. The lowest BCUT2D eigenvalue weighted by atomic mass is 10.1. The topological polar surface area (TPSA) is 37.4 Å². The van der Waals surface area contributed by atoms with Crippen LogP contribution >= 0.6 is 0 Å². The molecule has 4 heteroatoms. The molecule has 19 heavy (non-hydrogen) atoms. The Balaban J connectivity index is 1.97. The second-order valence-corrected chi connectivity index (χ2v) is 5.08. The minimum Gasteiger partial charge on any atom is -0.378 e. The molecule has 0 radical (unpaired) electrons. The quantitative estimate of drug-likeness (QED) is 0.856. The average Bonchev–Trinajstić information content (AvgIpc) is 2.46. The number of pyridine rings is 1. The zero-order chi connectivity index (χ0) is 13.5. The standard InChI is InChI=1S/C15H25N3O/c1-3-6-16-15-10-13(5-7-17-15)11-18-8-9-19-12-14(18)4-2/h5,7,10,14H,3-4,6,8-9,11-12H2,1-2H3,(H,16,17). The van der Waals surface area contributed by atoms with Crippen molar-refractivity contribution in [3.05, 3.63) is 23.9 Å². The van der Waals surface area contributed by atoms with Crippen molar-refractivity contribution < 1.29 is 4.74 Å². The van der Waals surface area contributed by atoms with E-state index < -0.39 is 0 Å². The first-order valence-corrected chi connectivity index (χ1v) is 7.34. The molecule has 0 bridgehead atoms. The van der Waals surface area contributed by atoms with Crippen molar-refractivity contribution in [2.75, 3.05) is 31.6 Å². The van der Waals surface area contributed by atoms with E-state index in [1.807, 2.05) is 6.20 Å². The Morgan fingerprint density at radius 1 is 1.47 bits per heavy atom. The number of anilines is 1. The molecule has 1 atom stereocenters. The lowest BCUT2D eigenvalue weighted by Crippen LogP contribution is -2.44. The number of aromatic nitrogens is 1. The largest absolute Gasteiger partial charge is 0.378 e. The zero-order valence-corrected chi connectivity index (χ0v) is 12.1. The Morgan fingerprint density at radius 2 is 2.37 bits per heavy atom. The predicted octanol–water partition coefficient (Wildman–Crippen LogP) is 2.51. The Bertz CT molecular complexity index is 383. The fourth-order valence-electron chi connectivity index (χ4n) is 2.43. The molecule has 4 nitrogen and oxygen atoms in total. The smallest absolute Gasteiger partial charge is 0.126 e. The van der Waals surface area contributed by atoms with Crippen LogP contribution in [-0.2, 0) is 11.3 Å². The summed E-state index contributed by atoms with van der Waals surface area (Å²) >= 11 is 0. The first kappa shape index (κ1) is 14.3. The van der Waals surface area contributed by atoms with E-state index in [-0.39, 0.29) is 0 Å². The van der Waals surface area contributed by atoms with E-state index in [4.69, 9.17) is 4.74 Å². The zero-order valence-electron chi connectivity index (χ0n) is 12.1. The Labute approximate surface area is 116 Å². The average molecular weight is 263 g/mol. The Morgan fingerprint density at radius 3 is 3.16 bits per heavy atom. The minimum absolute atomic E-state index is 0.550. The number of hydrogen-bond donors (Lipinski definition) is 1. The second kappa shape index (κ2) is 7.46. The van der Waals surface area contributed by atoms with Gasteiger partial charge >= 0.3 is 0 Å². The third-order valence-electron chi connectivity index (χ3n) is 3.59. The van der Waals surface area contributed by atoms with Crippen molar-refractivity contribution in [1.82, 2.24) is 9.88 Å². The lowest BCUT2D eigenvalue weighted by Gasteiger charge is -2.35. The summed E-state index contributed by atoms with van der Waals surface area (Å²) < 4.78 is 5.55. The van der Waals surface area contributed by atoms with Crippen LogP contribution in [0.3, 0.4) is 0 Å². The van der Waals surface area contributed by atoms with E-state index in [0.717, 1.165) is 51.5 Å². The summed E-state index contributed by atoms with van der Waals surface area (Å²) in [6.45, 7) is 9.10. The number of hydrogen-bond acceptors (Lipinski definition) is 4. The number of morpholine rings is 1. The monoisotopic (exact) mass is 263 g/mol. The minimum atomic E-state index is 0.550. The summed E-state index contributed by atoms with van der Waals surface area (Å²) in [5.74, 6) is 0.987. The normalized spacial score (nSPS) is 20.4. The number of nitrogens with one attached hydrogen (secondary N) is 1. The van der Waals surface area contributed by atoms with Gasteiger partial charge in [0, 0.05) is 31.9 Å². The molecule has 106 valence electrons. The lowest BCUT2D eigenvalue weighted by molar-refractivity contribution is -0.0127. The summed E-state index contributed by atoms with van der Waals surface area (Å²) in [5.41, 5.74) is 1.33. The third-order valence-corrected chi connectivity index (χ3v) is 3.59. The summed E-state index contributed by atoms with van der Waals surface area (Å²) in [6.07, 6.45) is 4.16. The van der Waals surface area contributed by atoms with Crippen LogP contribution in [0.1, 0.15) is 32.3 Å². The van der Waals surface area contributed by atoms with E-state index >= 15 is 0 Å². The molecule has 0 aliphatic carbocycles. The van der Waals surface area contributed by atoms with Gasteiger partial charge in [-0.05, 0) is 30.5 Å². The van der Waals surface area contributed by atoms with Crippen LogP contribution < -0.4 is 5.32 Å². The van der Waals surface area contributed by atoms with Crippen molar-refractivity contribution in [2.45, 2.75) is 39.3 Å². The molecular formula is C15H25N3O. The maximum Gasteiger partial charge on any atom is 0.126 e. The van der Waals surface area contributed by atoms with Crippen LogP contribution in [0.5, 0.6) is 0 Å². The van der Waals surface area contributed by atoms with Crippen molar-refractivity contribution in [3.8, 4) is 0 Å². The molecule has 1 aliphatic rings. The molecule has 0 aromatic carbocycles. The van der Waals surface area contributed by atoms with Crippen molar-refractivity contribution in [1.29, 1.82) is 0 Å². The first-order valence-electron chi connectivity index (χ1n) is 7.34. The summed E-state index contributed by atoms with van der Waals surface area (Å²) in [7, 11) is 0. The van der Waals surface area contributed by atoms with Gasteiger partial charge in [-0.15, -0.1) is 0 Å². The molecule has 1 saturated heterocycles. The Hall–Kier alpha value is -1.13. The van der Waals surface area contributed by atoms with Crippen LogP contribution in [0.2, 0.25) is 0 Å². The first-order chi connectivity index (χ1) is 9.33. The van der Waals surface area contributed by atoms with Gasteiger partial charge in [-0.1, -0.05) is 13.8 Å². The van der Waals surface area contributed by atoms with Crippen LogP contribution in [0.25, 0.3) is 0 Å². The number of nitrogens with zero attached hydrogens (tertiary/aromatic N) is 2. The van der Waals surface area contributed by atoms with Gasteiger partial charge in [-0.25, -0.2) is 4.98 Å². The molecule has 1 N–H and O–H groups in total. The van der Waals surface area contributed by atoms with Crippen molar-refractivity contribution in [3.63, 3.8) is 0 Å². The van der Waals surface area contributed by atoms with Gasteiger partial charge in [0.2, 0.25) is 0 Å². The molecule has 2 heterocycles. The molecule has 0 amide bonds. The van der Waals surface area contributed by atoms with Gasteiger partial charge in [0.15, 0.2) is 0 Å². The summed E-state index contributed by atoms with van der Waals surface area (Å²) in [4.78, 5) is 6.87. The van der Waals surface area contributed by atoms with Crippen LogP contribution in [-0.4, -0.2) is 42.2 Å². The fraction of sp³-hybridized carbons (Fsp3) is 0.667. The second-order valence-electron chi connectivity index (χ2n) is 5.08. The van der Waals surface area contributed by atoms with Crippen LogP contribution in [0, 0.1) is 0 Å². The molecule has 2 rings (SSSR count). The molecule has 0 saturated carbocycles. The highest BCUT2D eigenvalue weighted by atomic mass is 16.5. The number of ether oxygens (including phenoxy) is 1. The van der Waals surface area contributed by atoms with Crippen molar-refractivity contribution >= 4 is 5.82 Å². The summed E-state index contributed by atoms with van der Waals surface area (Å²) in [5, 5.41) is 3.34. The van der Waals surface area contributed by atoms with E-state index in [2.05, 4.69) is 41.2 Å². The predicted molar refractivity (Wildman–Crippen MR) is 78.3 cm³/mol. The molecule has 0 spiro atoms. The highest BCUT2D eigenvalue weighted by Crippen LogP contribution is 2.16. The molecular weight excluding hydrogens is 238 g/mol. The van der Waals surface area contributed by atoms with Crippen LogP contribution in [0.15, 0.2) is 18.3 Å². The van der Waals surface area contributed by atoms with Gasteiger partial charge in [0.25, 0.3) is 0 Å². The summed E-state index contributed by atoms with van der Waals surface area (Å²) in [6, 6.07) is 4.82. The van der Waals surface area contributed by atoms with Gasteiger partial charge < -0.3 is 10.1 Å². The van der Waals surface area contributed by atoms with Gasteiger partial charge in [0.05, 0.1) is 13.2 Å². The van der Waals surface area contributed by atoms with E-state index in [9.17, 15) is 0 Å². The number of rotatable bonds is 6. The van der Waals surface area contributed by atoms with Gasteiger partial charge in [0.1, 0.15) is 5.82 Å². The van der Waals surface area contributed by atoms with Gasteiger partial charge in [-0.2, -0.15) is 0 Å². The molecule has 1 aromatic heterocycles. The molecule has 1 aromatic rings. The van der Waals surface area contributed by atoms with Crippen molar-refractivity contribution in [2.24, 2.45) is 0 Å². The van der Waals surface area contributed by atoms with Crippen LogP contribution in [0.4, 0.5) is 5.82 Å². The van der Waals surface area contributed by atoms with E-state index in [0.29, 0.717) is 6.04 Å².